The van der Waals surface area contributed by atoms with E-state index in [1.165, 1.54) is 5.56 Å². The molecule has 4 nitrogen and oxygen atoms in total. The van der Waals surface area contributed by atoms with Gasteiger partial charge < -0.3 is 4.74 Å². The van der Waals surface area contributed by atoms with Gasteiger partial charge in [-0.05, 0) is 5.56 Å². The van der Waals surface area contributed by atoms with Crippen LogP contribution < -0.4 is 0 Å². The van der Waals surface area contributed by atoms with Gasteiger partial charge in [0.25, 0.3) is 0 Å². The Morgan fingerprint density at radius 1 is 1.29 bits per heavy atom. The first kappa shape index (κ1) is 11.8. The fourth-order valence-electron chi connectivity index (χ4n) is 1.75. The summed E-state index contributed by atoms with van der Waals surface area (Å²) in [5.74, 6) is 0. The lowest BCUT2D eigenvalue weighted by atomic mass is 10.0. The molecule has 17 heavy (non-hydrogen) atoms. The maximum Gasteiger partial charge on any atom is 0.137 e. The standard InChI is InChI=1S/C11H11N3O.C2H6/c1-2-4-10(5-3-1)11(7-15-11)6-14-9-12-8-13-14;1-2/h1-5,8-9H,6-7H2;1-2H3. The average molecular weight is 231 g/mol. The Morgan fingerprint density at radius 2 is 2.00 bits per heavy atom. The van der Waals surface area contributed by atoms with Gasteiger partial charge >= 0.3 is 0 Å². The van der Waals surface area contributed by atoms with Crippen molar-refractivity contribution in [3.63, 3.8) is 0 Å². The summed E-state index contributed by atoms with van der Waals surface area (Å²) in [5, 5.41) is 4.09. The Balaban J connectivity index is 0.000000514. The molecule has 0 aliphatic carbocycles. The minimum atomic E-state index is -0.172. The van der Waals surface area contributed by atoms with E-state index in [2.05, 4.69) is 22.2 Å². The average Bonchev–Trinajstić information content (AvgIpc) is 3.00. The number of nitrogens with zero attached hydrogens (tertiary/aromatic N) is 3. The molecule has 0 amide bonds. The number of rotatable bonds is 3. The number of hydrogen-bond donors (Lipinski definition) is 0. The van der Waals surface area contributed by atoms with Crippen molar-refractivity contribution in [3.05, 3.63) is 48.5 Å². The zero-order valence-corrected chi connectivity index (χ0v) is 10.2. The van der Waals surface area contributed by atoms with Gasteiger partial charge in [0, 0.05) is 0 Å². The molecule has 90 valence electrons. The van der Waals surface area contributed by atoms with Crippen molar-refractivity contribution in [2.45, 2.75) is 26.0 Å². The molecule has 1 unspecified atom stereocenters. The van der Waals surface area contributed by atoms with Crippen LogP contribution in [-0.4, -0.2) is 21.4 Å². The first-order valence-corrected chi connectivity index (χ1v) is 5.91. The lowest BCUT2D eigenvalue weighted by Crippen LogP contribution is -2.18. The van der Waals surface area contributed by atoms with E-state index in [1.807, 2.05) is 32.0 Å². The van der Waals surface area contributed by atoms with Crippen molar-refractivity contribution in [1.29, 1.82) is 0 Å². The molecule has 4 heteroatoms. The van der Waals surface area contributed by atoms with Gasteiger partial charge in [-0.1, -0.05) is 44.2 Å². The molecular formula is C13H17N3O. The van der Waals surface area contributed by atoms with Crippen molar-refractivity contribution in [2.75, 3.05) is 6.61 Å². The van der Waals surface area contributed by atoms with E-state index >= 15 is 0 Å². The number of aromatic nitrogens is 3. The molecule has 0 N–H and O–H groups in total. The highest BCUT2D eigenvalue weighted by molar-refractivity contribution is 5.26. The smallest absolute Gasteiger partial charge is 0.137 e. The van der Waals surface area contributed by atoms with Gasteiger partial charge in [0.05, 0.1) is 13.2 Å². The number of ether oxygens (including phenoxy) is 1. The van der Waals surface area contributed by atoms with Gasteiger partial charge in [-0.25, -0.2) is 9.67 Å². The maximum atomic E-state index is 5.57. The Bertz CT molecular complexity index is 435. The molecule has 3 rings (SSSR count). The highest BCUT2D eigenvalue weighted by Crippen LogP contribution is 2.39. The molecular weight excluding hydrogens is 214 g/mol. The van der Waals surface area contributed by atoms with Crippen LogP contribution in [0, 0.1) is 0 Å². The summed E-state index contributed by atoms with van der Waals surface area (Å²) in [6.07, 6.45) is 3.26. The molecule has 1 aromatic heterocycles. The van der Waals surface area contributed by atoms with Gasteiger partial charge in [-0.2, -0.15) is 5.10 Å². The van der Waals surface area contributed by atoms with Gasteiger partial charge in [-0.15, -0.1) is 0 Å². The van der Waals surface area contributed by atoms with E-state index in [0.717, 1.165) is 13.2 Å². The fourth-order valence-corrected chi connectivity index (χ4v) is 1.75. The zero-order valence-electron chi connectivity index (χ0n) is 10.2. The van der Waals surface area contributed by atoms with Crippen LogP contribution in [0.25, 0.3) is 0 Å². The van der Waals surface area contributed by atoms with Crippen molar-refractivity contribution in [3.8, 4) is 0 Å². The molecule has 2 aromatic rings. The predicted molar refractivity (Wildman–Crippen MR) is 65.4 cm³/mol. The largest absolute Gasteiger partial charge is 0.362 e. The van der Waals surface area contributed by atoms with Crippen LogP contribution in [0.2, 0.25) is 0 Å². The van der Waals surface area contributed by atoms with Gasteiger partial charge in [0.15, 0.2) is 0 Å². The maximum absolute atomic E-state index is 5.57. The van der Waals surface area contributed by atoms with E-state index in [1.54, 1.807) is 17.3 Å². The summed E-state index contributed by atoms with van der Waals surface area (Å²) in [5.41, 5.74) is 1.04. The summed E-state index contributed by atoms with van der Waals surface area (Å²) in [6.45, 7) is 5.49. The quantitative estimate of drug-likeness (QED) is 0.761. The molecule has 1 aliphatic rings. The molecule has 1 aromatic carbocycles. The number of epoxide rings is 1. The van der Waals surface area contributed by atoms with Crippen molar-refractivity contribution >= 4 is 0 Å². The van der Waals surface area contributed by atoms with E-state index < -0.39 is 0 Å². The molecule has 1 fully saturated rings. The fraction of sp³-hybridized carbons (Fsp3) is 0.385. The topological polar surface area (TPSA) is 43.2 Å². The van der Waals surface area contributed by atoms with Crippen molar-refractivity contribution in [2.24, 2.45) is 0 Å². The first-order chi connectivity index (χ1) is 8.39. The normalized spacial score (nSPS) is 21.5. The van der Waals surface area contributed by atoms with E-state index in [-0.39, 0.29) is 5.60 Å². The summed E-state index contributed by atoms with van der Waals surface area (Å²) < 4.78 is 7.37. The SMILES string of the molecule is CC.c1ccc(C2(Cn3cncn3)CO2)cc1. The highest BCUT2D eigenvalue weighted by Gasteiger charge is 2.47. The van der Waals surface area contributed by atoms with Gasteiger partial charge in [-0.3, -0.25) is 0 Å². The van der Waals surface area contributed by atoms with Crippen LogP contribution in [0.3, 0.4) is 0 Å². The second-order valence-corrected chi connectivity index (χ2v) is 3.74. The Hall–Kier alpha value is -1.68. The molecule has 0 bridgehead atoms. The third-order valence-electron chi connectivity index (χ3n) is 2.68. The van der Waals surface area contributed by atoms with Crippen LogP contribution in [0.4, 0.5) is 0 Å². The van der Waals surface area contributed by atoms with E-state index in [9.17, 15) is 0 Å². The summed E-state index contributed by atoms with van der Waals surface area (Å²) in [6, 6.07) is 10.2. The van der Waals surface area contributed by atoms with E-state index in [4.69, 9.17) is 4.74 Å². The lowest BCUT2D eigenvalue weighted by Gasteiger charge is -2.11. The van der Waals surface area contributed by atoms with Crippen LogP contribution in [0.5, 0.6) is 0 Å². The van der Waals surface area contributed by atoms with Gasteiger partial charge in [0.1, 0.15) is 18.3 Å². The predicted octanol–water partition coefficient (Wildman–Crippen LogP) is 2.23. The third-order valence-corrected chi connectivity index (χ3v) is 2.68. The number of hydrogen-bond acceptors (Lipinski definition) is 3. The Labute approximate surface area is 101 Å². The Morgan fingerprint density at radius 3 is 2.53 bits per heavy atom. The van der Waals surface area contributed by atoms with Crippen LogP contribution in [0.15, 0.2) is 43.0 Å². The number of benzene rings is 1. The molecule has 0 spiro atoms. The highest BCUT2D eigenvalue weighted by atomic mass is 16.6. The van der Waals surface area contributed by atoms with Crippen molar-refractivity contribution in [1.82, 2.24) is 14.8 Å². The lowest BCUT2D eigenvalue weighted by molar-refractivity contribution is 0.269. The van der Waals surface area contributed by atoms with Crippen LogP contribution >= 0.6 is 0 Å². The molecule has 2 heterocycles. The first-order valence-electron chi connectivity index (χ1n) is 5.91. The van der Waals surface area contributed by atoms with Crippen LogP contribution in [0.1, 0.15) is 19.4 Å². The summed E-state index contributed by atoms with van der Waals surface area (Å²) in [4.78, 5) is 3.92. The molecule has 1 saturated heterocycles. The minimum Gasteiger partial charge on any atom is -0.362 e. The molecule has 1 atom stereocenters. The van der Waals surface area contributed by atoms with Crippen molar-refractivity contribution < 1.29 is 4.74 Å². The molecule has 1 aliphatic heterocycles. The van der Waals surface area contributed by atoms with E-state index in [0.29, 0.717) is 0 Å². The third kappa shape index (κ3) is 2.53. The summed E-state index contributed by atoms with van der Waals surface area (Å²) >= 11 is 0. The zero-order chi connectivity index (χ0) is 12.1. The van der Waals surface area contributed by atoms with Gasteiger partial charge in [0.2, 0.25) is 0 Å². The Kier molecular flexibility index (Phi) is 3.54. The second-order valence-electron chi connectivity index (χ2n) is 3.74. The van der Waals surface area contributed by atoms with Crippen LogP contribution in [-0.2, 0) is 16.9 Å². The second kappa shape index (κ2) is 5.10. The molecule has 0 radical (unpaired) electrons. The molecule has 0 saturated carbocycles. The minimum absolute atomic E-state index is 0.172. The monoisotopic (exact) mass is 231 g/mol. The summed E-state index contributed by atoms with van der Waals surface area (Å²) in [7, 11) is 0.